The van der Waals surface area contributed by atoms with Crippen LogP contribution in [0.1, 0.15) is 45.8 Å². The maximum Gasteiger partial charge on any atom is 0.253 e. The smallest absolute Gasteiger partial charge is 0.253 e. The summed E-state index contributed by atoms with van der Waals surface area (Å²) >= 11 is 0. The van der Waals surface area contributed by atoms with Gasteiger partial charge in [0.25, 0.3) is 5.91 Å². The number of benzene rings is 1. The molecular formula is C20H22N4O. The lowest BCUT2D eigenvalue weighted by atomic mass is 10.1. The van der Waals surface area contributed by atoms with E-state index in [-0.39, 0.29) is 11.9 Å². The van der Waals surface area contributed by atoms with Gasteiger partial charge < -0.3 is 5.32 Å². The van der Waals surface area contributed by atoms with Gasteiger partial charge in [0.15, 0.2) is 0 Å². The molecule has 0 saturated heterocycles. The van der Waals surface area contributed by atoms with E-state index in [0.29, 0.717) is 5.56 Å². The van der Waals surface area contributed by atoms with E-state index < -0.39 is 0 Å². The Morgan fingerprint density at radius 1 is 1.08 bits per heavy atom. The molecule has 0 saturated carbocycles. The maximum atomic E-state index is 12.4. The molecule has 3 aromatic rings. The van der Waals surface area contributed by atoms with Crippen molar-refractivity contribution in [3.63, 3.8) is 0 Å². The highest BCUT2D eigenvalue weighted by Crippen LogP contribution is 2.22. The summed E-state index contributed by atoms with van der Waals surface area (Å²) in [6.45, 7) is 7.94. The zero-order valence-electron chi connectivity index (χ0n) is 14.9. The first kappa shape index (κ1) is 16.9. The van der Waals surface area contributed by atoms with Gasteiger partial charge in [0, 0.05) is 23.1 Å². The van der Waals surface area contributed by atoms with Crippen LogP contribution in [0.15, 0.2) is 48.8 Å². The number of aryl methyl sites for hydroxylation is 2. The molecule has 5 heteroatoms. The van der Waals surface area contributed by atoms with Gasteiger partial charge in [-0.25, -0.2) is 4.68 Å². The monoisotopic (exact) mass is 334 g/mol. The van der Waals surface area contributed by atoms with Crippen LogP contribution in [0.3, 0.4) is 0 Å². The van der Waals surface area contributed by atoms with E-state index in [2.05, 4.69) is 28.4 Å². The van der Waals surface area contributed by atoms with Crippen molar-refractivity contribution in [2.45, 2.75) is 33.7 Å². The molecule has 0 fully saturated rings. The summed E-state index contributed by atoms with van der Waals surface area (Å²) in [5, 5.41) is 7.53. The highest BCUT2D eigenvalue weighted by atomic mass is 16.1. The molecule has 1 atom stereocenters. The van der Waals surface area contributed by atoms with E-state index in [9.17, 15) is 4.79 Å². The first-order valence-corrected chi connectivity index (χ1v) is 8.31. The van der Waals surface area contributed by atoms with Gasteiger partial charge in [-0.2, -0.15) is 5.10 Å². The van der Waals surface area contributed by atoms with Gasteiger partial charge in [-0.15, -0.1) is 0 Å². The second-order valence-corrected chi connectivity index (χ2v) is 6.27. The molecule has 0 unspecified atom stereocenters. The Morgan fingerprint density at radius 3 is 2.52 bits per heavy atom. The van der Waals surface area contributed by atoms with Crippen LogP contribution >= 0.6 is 0 Å². The highest BCUT2D eigenvalue weighted by molar-refractivity contribution is 5.94. The van der Waals surface area contributed by atoms with E-state index in [1.54, 1.807) is 12.3 Å². The highest BCUT2D eigenvalue weighted by Gasteiger charge is 2.17. The Hall–Kier alpha value is -2.95. The van der Waals surface area contributed by atoms with Gasteiger partial charge in [0.05, 0.1) is 23.5 Å². The molecule has 25 heavy (non-hydrogen) atoms. The van der Waals surface area contributed by atoms with Crippen LogP contribution in [0.2, 0.25) is 0 Å². The fourth-order valence-electron chi connectivity index (χ4n) is 2.85. The zero-order valence-corrected chi connectivity index (χ0v) is 14.9. The lowest BCUT2D eigenvalue weighted by Gasteiger charge is -2.14. The summed E-state index contributed by atoms with van der Waals surface area (Å²) in [4.78, 5) is 16.6. The number of pyridine rings is 1. The van der Waals surface area contributed by atoms with E-state index >= 15 is 0 Å². The van der Waals surface area contributed by atoms with Gasteiger partial charge in [-0.3, -0.25) is 9.78 Å². The van der Waals surface area contributed by atoms with Crippen molar-refractivity contribution >= 4 is 5.91 Å². The van der Waals surface area contributed by atoms with Gasteiger partial charge in [-0.05, 0) is 51.5 Å². The van der Waals surface area contributed by atoms with E-state index in [0.717, 1.165) is 28.2 Å². The first-order valence-electron chi connectivity index (χ1n) is 8.31. The number of amides is 1. The quantitative estimate of drug-likeness (QED) is 0.792. The third-order valence-electron chi connectivity index (χ3n) is 4.38. The van der Waals surface area contributed by atoms with Gasteiger partial charge >= 0.3 is 0 Å². The third kappa shape index (κ3) is 3.45. The Morgan fingerprint density at radius 2 is 1.84 bits per heavy atom. The van der Waals surface area contributed by atoms with Crippen molar-refractivity contribution in [3.05, 3.63) is 76.9 Å². The number of carbonyl (C=O) groups excluding carboxylic acids is 1. The van der Waals surface area contributed by atoms with Crippen molar-refractivity contribution in [3.8, 4) is 5.69 Å². The normalized spacial score (nSPS) is 12.0. The van der Waals surface area contributed by atoms with Crippen LogP contribution < -0.4 is 5.32 Å². The number of carbonyl (C=O) groups is 1. The average molecular weight is 334 g/mol. The molecule has 0 aliphatic rings. The van der Waals surface area contributed by atoms with Crippen molar-refractivity contribution in [1.82, 2.24) is 20.1 Å². The molecule has 0 aliphatic heterocycles. The molecule has 128 valence electrons. The standard InChI is InChI=1S/C20H22N4O/c1-13-7-5-6-8-19(13)24-16(4)18(12-22-24)15(3)23-20(25)17-10-9-14(2)21-11-17/h5-12,15H,1-4H3,(H,23,25)/t15-/m0/s1. The predicted molar refractivity (Wildman–Crippen MR) is 97.9 cm³/mol. The van der Waals surface area contributed by atoms with Crippen LogP contribution in [0.4, 0.5) is 0 Å². The Kier molecular flexibility index (Phi) is 4.65. The van der Waals surface area contributed by atoms with Crippen molar-refractivity contribution in [2.24, 2.45) is 0 Å². The Bertz CT molecular complexity index is 896. The topological polar surface area (TPSA) is 59.8 Å². The molecule has 2 aromatic heterocycles. The summed E-state index contributed by atoms with van der Waals surface area (Å²) < 4.78 is 1.92. The summed E-state index contributed by atoms with van der Waals surface area (Å²) in [5.74, 6) is -0.136. The summed E-state index contributed by atoms with van der Waals surface area (Å²) in [7, 11) is 0. The number of aromatic nitrogens is 3. The largest absolute Gasteiger partial charge is 0.345 e. The second-order valence-electron chi connectivity index (χ2n) is 6.27. The molecular weight excluding hydrogens is 312 g/mol. The molecule has 0 radical (unpaired) electrons. The number of nitrogens with one attached hydrogen (secondary N) is 1. The Balaban J connectivity index is 1.81. The van der Waals surface area contributed by atoms with E-state index in [4.69, 9.17) is 0 Å². The minimum absolute atomic E-state index is 0.136. The van der Waals surface area contributed by atoms with Crippen LogP contribution in [0.5, 0.6) is 0 Å². The molecule has 3 rings (SSSR count). The minimum Gasteiger partial charge on any atom is -0.345 e. The van der Waals surface area contributed by atoms with Gasteiger partial charge in [-0.1, -0.05) is 18.2 Å². The summed E-state index contributed by atoms with van der Waals surface area (Å²) in [6, 6.07) is 11.6. The molecule has 0 spiro atoms. The summed E-state index contributed by atoms with van der Waals surface area (Å²) in [6.07, 6.45) is 3.42. The number of para-hydroxylation sites is 1. The molecule has 2 heterocycles. The number of hydrogen-bond acceptors (Lipinski definition) is 3. The minimum atomic E-state index is -0.147. The predicted octanol–water partition coefficient (Wildman–Crippen LogP) is 3.68. The van der Waals surface area contributed by atoms with E-state index in [1.165, 1.54) is 0 Å². The third-order valence-corrected chi connectivity index (χ3v) is 4.38. The van der Waals surface area contributed by atoms with Crippen molar-refractivity contribution in [2.75, 3.05) is 0 Å². The van der Waals surface area contributed by atoms with Crippen molar-refractivity contribution in [1.29, 1.82) is 0 Å². The van der Waals surface area contributed by atoms with Crippen LogP contribution in [0, 0.1) is 20.8 Å². The molecule has 1 amide bonds. The van der Waals surface area contributed by atoms with Crippen LogP contribution in [0.25, 0.3) is 5.69 Å². The zero-order chi connectivity index (χ0) is 18.0. The molecule has 1 N–H and O–H groups in total. The first-order chi connectivity index (χ1) is 12.0. The molecule has 1 aromatic carbocycles. The van der Waals surface area contributed by atoms with Crippen LogP contribution in [-0.2, 0) is 0 Å². The average Bonchev–Trinajstić information content (AvgIpc) is 2.97. The molecule has 5 nitrogen and oxygen atoms in total. The van der Waals surface area contributed by atoms with Gasteiger partial charge in [0.1, 0.15) is 0 Å². The summed E-state index contributed by atoms with van der Waals surface area (Å²) in [5.41, 5.74) is 5.66. The lowest BCUT2D eigenvalue weighted by molar-refractivity contribution is 0.0939. The van der Waals surface area contributed by atoms with Gasteiger partial charge in [0.2, 0.25) is 0 Å². The number of hydrogen-bond donors (Lipinski definition) is 1. The number of nitrogens with zero attached hydrogens (tertiary/aromatic N) is 3. The molecule has 0 bridgehead atoms. The maximum absolute atomic E-state index is 12.4. The fourth-order valence-corrected chi connectivity index (χ4v) is 2.85. The number of rotatable bonds is 4. The lowest BCUT2D eigenvalue weighted by Crippen LogP contribution is -2.27. The second kappa shape index (κ2) is 6.89. The SMILES string of the molecule is Cc1ccc(C(=O)N[C@@H](C)c2cnn(-c3ccccc3C)c2C)cn1. The fraction of sp³-hybridized carbons (Fsp3) is 0.250. The van der Waals surface area contributed by atoms with Crippen molar-refractivity contribution < 1.29 is 4.79 Å². The molecule has 0 aliphatic carbocycles. The Labute approximate surface area is 147 Å². The van der Waals surface area contributed by atoms with E-state index in [1.807, 2.05) is 55.9 Å². The van der Waals surface area contributed by atoms with Crippen LogP contribution in [-0.4, -0.2) is 20.7 Å².